The number of nitrogens with zero attached hydrogens (tertiary/aromatic N) is 1. The van der Waals surface area contributed by atoms with E-state index < -0.39 is 11.7 Å². The molecule has 0 aromatic heterocycles. The van der Waals surface area contributed by atoms with E-state index in [1.165, 1.54) is 4.90 Å². The standard InChI is InChI=1S/C10H20N2O3/c1-10(2,3)15-9(14)12-5-4-7(11)8(12)6-13/h7-8,13H,4-6,11H2,1-3H3/t7-,8?/m1/s1. The first-order valence-electron chi connectivity index (χ1n) is 5.21. The van der Waals surface area contributed by atoms with Crippen molar-refractivity contribution in [2.75, 3.05) is 13.2 Å². The van der Waals surface area contributed by atoms with Crippen LogP contribution in [0.15, 0.2) is 0 Å². The highest BCUT2D eigenvalue weighted by Gasteiger charge is 2.36. The van der Waals surface area contributed by atoms with E-state index in [1.807, 2.05) is 20.8 Å². The zero-order valence-corrected chi connectivity index (χ0v) is 9.56. The van der Waals surface area contributed by atoms with Crippen molar-refractivity contribution in [3.05, 3.63) is 0 Å². The van der Waals surface area contributed by atoms with Crippen molar-refractivity contribution < 1.29 is 14.6 Å². The molecule has 0 aromatic carbocycles. The Labute approximate surface area is 90.2 Å². The van der Waals surface area contributed by atoms with Gasteiger partial charge in [0.05, 0.1) is 12.6 Å². The first-order valence-corrected chi connectivity index (χ1v) is 5.21. The molecule has 0 bridgehead atoms. The Hall–Kier alpha value is -0.810. The molecule has 5 nitrogen and oxygen atoms in total. The molecule has 1 unspecified atom stereocenters. The first-order chi connectivity index (χ1) is 6.85. The van der Waals surface area contributed by atoms with Gasteiger partial charge in [-0.25, -0.2) is 4.79 Å². The number of carbonyl (C=O) groups excluding carboxylic acids is 1. The number of hydrogen-bond acceptors (Lipinski definition) is 4. The van der Waals surface area contributed by atoms with E-state index in [2.05, 4.69) is 0 Å². The molecule has 0 saturated carbocycles. The van der Waals surface area contributed by atoms with Crippen LogP contribution in [0, 0.1) is 0 Å². The Kier molecular flexibility index (Phi) is 3.57. The summed E-state index contributed by atoms with van der Waals surface area (Å²) in [4.78, 5) is 13.2. The average Bonchev–Trinajstić information content (AvgIpc) is 2.43. The number of rotatable bonds is 1. The number of aliphatic hydroxyl groups is 1. The van der Waals surface area contributed by atoms with Crippen LogP contribution in [0.25, 0.3) is 0 Å². The molecule has 1 fully saturated rings. The lowest BCUT2D eigenvalue weighted by molar-refractivity contribution is 0.0166. The molecule has 2 atom stereocenters. The summed E-state index contributed by atoms with van der Waals surface area (Å²) < 4.78 is 5.22. The van der Waals surface area contributed by atoms with Crippen LogP contribution in [-0.2, 0) is 4.74 Å². The Morgan fingerprint density at radius 3 is 2.67 bits per heavy atom. The molecule has 1 aliphatic rings. The minimum Gasteiger partial charge on any atom is -0.444 e. The Morgan fingerprint density at radius 2 is 2.20 bits per heavy atom. The van der Waals surface area contributed by atoms with Crippen molar-refractivity contribution in [1.82, 2.24) is 4.90 Å². The minimum atomic E-state index is -0.510. The Balaban J connectivity index is 2.60. The third kappa shape index (κ3) is 3.07. The van der Waals surface area contributed by atoms with E-state index in [0.29, 0.717) is 13.0 Å². The molecule has 15 heavy (non-hydrogen) atoms. The molecule has 1 rings (SSSR count). The number of ether oxygens (including phenoxy) is 1. The smallest absolute Gasteiger partial charge is 0.410 e. The molecule has 0 aromatic rings. The highest BCUT2D eigenvalue weighted by molar-refractivity contribution is 5.69. The van der Waals surface area contributed by atoms with Gasteiger partial charge in [-0.15, -0.1) is 0 Å². The van der Waals surface area contributed by atoms with Gasteiger partial charge in [0, 0.05) is 12.6 Å². The second-order valence-corrected chi connectivity index (χ2v) is 4.88. The molecule has 88 valence electrons. The molecular weight excluding hydrogens is 196 g/mol. The number of aliphatic hydroxyl groups excluding tert-OH is 1. The Bertz CT molecular complexity index is 237. The maximum absolute atomic E-state index is 11.7. The zero-order valence-electron chi connectivity index (χ0n) is 9.56. The van der Waals surface area contributed by atoms with Crippen molar-refractivity contribution in [2.45, 2.75) is 44.9 Å². The van der Waals surface area contributed by atoms with Gasteiger partial charge in [0.25, 0.3) is 0 Å². The van der Waals surface area contributed by atoms with Crippen molar-refractivity contribution in [3.63, 3.8) is 0 Å². The van der Waals surface area contributed by atoms with Gasteiger partial charge in [0.2, 0.25) is 0 Å². The molecule has 0 radical (unpaired) electrons. The average molecular weight is 216 g/mol. The lowest BCUT2D eigenvalue weighted by Crippen LogP contribution is -2.46. The summed E-state index contributed by atoms with van der Waals surface area (Å²) in [5.41, 5.74) is 5.26. The van der Waals surface area contributed by atoms with E-state index >= 15 is 0 Å². The number of likely N-dealkylation sites (tertiary alicyclic amines) is 1. The number of carbonyl (C=O) groups is 1. The zero-order chi connectivity index (χ0) is 11.6. The SMILES string of the molecule is CC(C)(C)OC(=O)N1CC[C@@H](N)C1CO. The molecule has 0 spiro atoms. The molecule has 1 saturated heterocycles. The molecule has 3 N–H and O–H groups in total. The van der Waals surface area contributed by atoms with Gasteiger partial charge in [-0.2, -0.15) is 0 Å². The van der Waals surface area contributed by atoms with Crippen molar-refractivity contribution in [2.24, 2.45) is 5.73 Å². The lowest BCUT2D eigenvalue weighted by atomic mass is 10.1. The second-order valence-electron chi connectivity index (χ2n) is 4.88. The predicted molar refractivity (Wildman–Crippen MR) is 56.4 cm³/mol. The normalized spacial score (nSPS) is 26.9. The van der Waals surface area contributed by atoms with E-state index in [1.54, 1.807) is 0 Å². The topological polar surface area (TPSA) is 75.8 Å². The predicted octanol–water partition coefficient (Wildman–Crippen LogP) is 0.315. The van der Waals surface area contributed by atoms with Crippen LogP contribution in [0.5, 0.6) is 0 Å². The minimum absolute atomic E-state index is 0.111. The molecule has 1 heterocycles. The van der Waals surface area contributed by atoms with E-state index in [9.17, 15) is 4.79 Å². The van der Waals surface area contributed by atoms with E-state index in [0.717, 1.165) is 0 Å². The third-order valence-electron chi connectivity index (χ3n) is 2.41. The van der Waals surface area contributed by atoms with Gasteiger partial charge < -0.3 is 20.5 Å². The highest BCUT2D eigenvalue weighted by Crippen LogP contribution is 2.19. The fourth-order valence-electron chi connectivity index (χ4n) is 1.66. The first kappa shape index (κ1) is 12.3. The van der Waals surface area contributed by atoms with Crippen LogP contribution in [-0.4, -0.2) is 46.9 Å². The van der Waals surface area contributed by atoms with Crippen LogP contribution in [0.3, 0.4) is 0 Å². The number of nitrogens with two attached hydrogens (primary N) is 1. The largest absolute Gasteiger partial charge is 0.444 e. The van der Waals surface area contributed by atoms with Gasteiger partial charge in [-0.05, 0) is 27.2 Å². The summed E-state index contributed by atoms with van der Waals surface area (Å²) in [5.74, 6) is 0. The molecule has 0 aliphatic carbocycles. The Morgan fingerprint density at radius 1 is 1.60 bits per heavy atom. The van der Waals surface area contributed by atoms with Gasteiger partial charge >= 0.3 is 6.09 Å². The maximum atomic E-state index is 11.7. The highest BCUT2D eigenvalue weighted by atomic mass is 16.6. The van der Waals surface area contributed by atoms with E-state index in [-0.39, 0.29) is 18.7 Å². The van der Waals surface area contributed by atoms with Gasteiger partial charge in [-0.1, -0.05) is 0 Å². The summed E-state index contributed by atoms with van der Waals surface area (Å²) >= 11 is 0. The molecule has 1 amide bonds. The van der Waals surface area contributed by atoms with Crippen LogP contribution >= 0.6 is 0 Å². The lowest BCUT2D eigenvalue weighted by Gasteiger charge is -2.28. The third-order valence-corrected chi connectivity index (χ3v) is 2.41. The summed E-state index contributed by atoms with van der Waals surface area (Å²) in [5, 5.41) is 9.12. The van der Waals surface area contributed by atoms with Gasteiger partial charge in [0.15, 0.2) is 0 Å². The molecular formula is C10H20N2O3. The van der Waals surface area contributed by atoms with E-state index in [4.69, 9.17) is 15.6 Å². The molecule has 5 heteroatoms. The van der Waals surface area contributed by atoms with Gasteiger partial charge in [0.1, 0.15) is 5.60 Å². The maximum Gasteiger partial charge on any atom is 0.410 e. The van der Waals surface area contributed by atoms with Crippen molar-refractivity contribution >= 4 is 6.09 Å². The van der Waals surface area contributed by atoms with Crippen molar-refractivity contribution in [3.8, 4) is 0 Å². The summed E-state index contributed by atoms with van der Waals surface area (Å²) in [6.07, 6.45) is 0.319. The van der Waals surface area contributed by atoms with Crippen LogP contribution in [0.4, 0.5) is 4.79 Å². The van der Waals surface area contributed by atoms with Crippen LogP contribution in [0.1, 0.15) is 27.2 Å². The molecule has 1 aliphatic heterocycles. The second kappa shape index (κ2) is 4.37. The fraction of sp³-hybridized carbons (Fsp3) is 0.900. The quantitative estimate of drug-likeness (QED) is 0.661. The summed E-state index contributed by atoms with van der Waals surface area (Å²) in [6, 6.07) is -0.456. The van der Waals surface area contributed by atoms with Crippen LogP contribution in [0.2, 0.25) is 0 Å². The van der Waals surface area contributed by atoms with Gasteiger partial charge in [-0.3, -0.25) is 0 Å². The monoisotopic (exact) mass is 216 g/mol. The fourth-order valence-corrected chi connectivity index (χ4v) is 1.66. The number of hydrogen-bond donors (Lipinski definition) is 2. The van der Waals surface area contributed by atoms with Crippen LogP contribution < -0.4 is 5.73 Å². The summed E-state index contributed by atoms with van der Waals surface area (Å²) in [7, 11) is 0. The summed E-state index contributed by atoms with van der Waals surface area (Å²) in [6.45, 7) is 5.89. The van der Waals surface area contributed by atoms with Crippen molar-refractivity contribution in [1.29, 1.82) is 0 Å². The number of amides is 1.